The Balaban J connectivity index is 1.85. The molecule has 2 amide bonds. The normalized spacial score (nSPS) is 12.7. The number of anilines is 1. The number of nitrogens with zero attached hydrogens (tertiary/aromatic N) is 2. The zero-order valence-corrected chi connectivity index (χ0v) is 29.0. The maximum Gasteiger partial charge on any atom is 0.264 e. The average Bonchev–Trinajstić information content (AvgIpc) is 3.05. The molecule has 0 saturated carbocycles. The summed E-state index contributed by atoms with van der Waals surface area (Å²) in [4.78, 5) is 29.8. The van der Waals surface area contributed by atoms with Gasteiger partial charge in [0.25, 0.3) is 10.0 Å². The topological polar surface area (TPSA) is 86.8 Å². The Morgan fingerprint density at radius 3 is 2.07 bits per heavy atom. The standard InChI is InChI=1S/C34H33Cl4N3O4S/c1-3-23(2)39-34(43)31(20-24-11-6-4-7-12-24)40(21-25-17-18-27(35)29(37)19-25)32(42)22-41(30-16-10-15-28(36)33(30)38)46(44,45)26-13-8-5-9-14-26/h4-19,23,31H,3,20-22H2,1-2H3,(H,39,43). The van der Waals surface area contributed by atoms with Crippen molar-refractivity contribution >= 4 is 73.9 Å². The molecule has 0 aromatic heterocycles. The van der Waals surface area contributed by atoms with Gasteiger partial charge in [0, 0.05) is 19.0 Å². The van der Waals surface area contributed by atoms with Crippen LogP contribution in [0.2, 0.25) is 20.1 Å². The van der Waals surface area contributed by atoms with Gasteiger partial charge < -0.3 is 10.2 Å². The smallest absolute Gasteiger partial charge is 0.264 e. The van der Waals surface area contributed by atoms with E-state index in [1.807, 2.05) is 44.2 Å². The van der Waals surface area contributed by atoms with Crippen molar-refractivity contribution in [1.29, 1.82) is 0 Å². The third kappa shape index (κ3) is 8.75. The molecule has 0 radical (unpaired) electrons. The van der Waals surface area contributed by atoms with Crippen LogP contribution in [0.3, 0.4) is 0 Å². The van der Waals surface area contributed by atoms with Gasteiger partial charge in [0.15, 0.2) is 0 Å². The van der Waals surface area contributed by atoms with Crippen LogP contribution in [-0.4, -0.2) is 43.8 Å². The van der Waals surface area contributed by atoms with E-state index >= 15 is 0 Å². The largest absolute Gasteiger partial charge is 0.352 e. The van der Waals surface area contributed by atoms with Crippen LogP contribution >= 0.6 is 46.4 Å². The molecule has 4 aromatic rings. The SMILES string of the molecule is CCC(C)NC(=O)C(Cc1ccccc1)N(Cc1ccc(Cl)c(Cl)c1)C(=O)CN(c1cccc(Cl)c1Cl)S(=O)(=O)c1ccccc1. The molecule has 4 aromatic carbocycles. The highest BCUT2D eigenvalue weighted by Gasteiger charge is 2.35. The summed E-state index contributed by atoms with van der Waals surface area (Å²) in [6, 6.07) is 25.3. The van der Waals surface area contributed by atoms with Gasteiger partial charge in [0.2, 0.25) is 11.8 Å². The Morgan fingerprint density at radius 1 is 0.783 bits per heavy atom. The van der Waals surface area contributed by atoms with Gasteiger partial charge in [-0.25, -0.2) is 8.42 Å². The van der Waals surface area contributed by atoms with Crippen LogP contribution in [0, 0.1) is 0 Å². The minimum atomic E-state index is -4.33. The molecule has 2 unspecified atom stereocenters. The molecule has 0 aliphatic carbocycles. The van der Waals surface area contributed by atoms with Gasteiger partial charge in [-0.2, -0.15) is 0 Å². The van der Waals surface area contributed by atoms with Crippen molar-refractivity contribution in [3.05, 3.63) is 128 Å². The van der Waals surface area contributed by atoms with E-state index in [1.165, 1.54) is 29.2 Å². The van der Waals surface area contributed by atoms with E-state index in [1.54, 1.807) is 42.5 Å². The van der Waals surface area contributed by atoms with E-state index in [2.05, 4.69) is 5.32 Å². The molecule has 0 heterocycles. The Morgan fingerprint density at radius 2 is 1.43 bits per heavy atom. The molecule has 12 heteroatoms. The number of amides is 2. The molecule has 0 aliphatic rings. The van der Waals surface area contributed by atoms with Crippen molar-refractivity contribution in [2.24, 2.45) is 0 Å². The average molecular weight is 722 g/mol. The third-order valence-corrected chi connectivity index (χ3v) is 10.7. The number of hydrogen-bond acceptors (Lipinski definition) is 4. The highest BCUT2D eigenvalue weighted by atomic mass is 35.5. The van der Waals surface area contributed by atoms with E-state index in [0.717, 1.165) is 9.87 Å². The van der Waals surface area contributed by atoms with E-state index in [-0.39, 0.29) is 50.6 Å². The lowest BCUT2D eigenvalue weighted by molar-refractivity contribution is -0.140. The number of benzene rings is 4. The first kappa shape index (κ1) is 35.6. The highest BCUT2D eigenvalue weighted by molar-refractivity contribution is 7.92. The number of halogens is 4. The van der Waals surface area contributed by atoms with E-state index < -0.39 is 28.5 Å². The fourth-order valence-electron chi connectivity index (χ4n) is 4.75. The summed E-state index contributed by atoms with van der Waals surface area (Å²) in [5.41, 5.74) is 1.42. The Kier molecular flexibility index (Phi) is 12.4. The lowest BCUT2D eigenvalue weighted by Gasteiger charge is -2.34. The number of hydrogen-bond donors (Lipinski definition) is 1. The zero-order chi connectivity index (χ0) is 33.4. The Bertz CT molecular complexity index is 1780. The number of rotatable bonds is 13. The molecule has 4 rings (SSSR count). The number of sulfonamides is 1. The van der Waals surface area contributed by atoms with Crippen LogP contribution in [0.15, 0.2) is 102 Å². The molecule has 1 N–H and O–H groups in total. The van der Waals surface area contributed by atoms with Crippen LogP contribution in [0.5, 0.6) is 0 Å². The van der Waals surface area contributed by atoms with Crippen molar-refractivity contribution in [1.82, 2.24) is 10.2 Å². The van der Waals surface area contributed by atoms with E-state index in [4.69, 9.17) is 46.4 Å². The van der Waals surface area contributed by atoms with Crippen LogP contribution in [0.4, 0.5) is 5.69 Å². The number of nitrogens with one attached hydrogen (secondary N) is 1. The van der Waals surface area contributed by atoms with Gasteiger partial charge in [-0.1, -0.05) is 114 Å². The summed E-state index contributed by atoms with van der Waals surface area (Å²) < 4.78 is 29.2. The molecule has 0 aliphatic heterocycles. The first-order valence-corrected chi connectivity index (χ1v) is 17.5. The molecule has 242 valence electrons. The van der Waals surface area contributed by atoms with Gasteiger partial charge >= 0.3 is 0 Å². The fourth-order valence-corrected chi connectivity index (χ4v) is 6.96. The number of carbonyl (C=O) groups excluding carboxylic acids is 2. The van der Waals surface area contributed by atoms with Gasteiger partial charge in [0.1, 0.15) is 12.6 Å². The summed E-state index contributed by atoms with van der Waals surface area (Å²) in [7, 11) is -4.33. The van der Waals surface area contributed by atoms with Gasteiger partial charge in [0.05, 0.1) is 30.7 Å². The van der Waals surface area contributed by atoms with Crippen molar-refractivity contribution in [3.8, 4) is 0 Å². The van der Waals surface area contributed by atoms with Gasteiger partial charge in [-0.05, 0) is 60.9 Å². The van der Waals surface area contributed by atoms with Crippen molar-refractivity contribution in [2.45, 2.75) is 50.2 Å². The van der Waals surface area contributed by atoms with Crippen LogP contribution in [0.1, 0.15) is 31.4 Å². The summed E-state index contributed by atoms with van der Waals surface area (Å²) in [6.07, 6.45) is 0.834. The second kappa shape index (κ2) is 16.0. The maximum atomic E-state index is 14.6. The summed E-state index contributed by atoms with van der Waals surface area (Å²) in [5.74, 6) is -1.04. The number of carbonyl (C=O) groups is 2. The molecule has 46 heavy (non-hydrogen) atoms. The lowest BCUT2D eigenvalue weighted by Crippen LogP contribution is -2.54. The van der Waals surface area contributed by atoms with Gasteiger partial charge in [-0.15, -0.1) is 0 Å². The van der Waals surface area contributed by atoms with Crippen molar-refractivity contribution in [3.63, 3.8) is 0 Å². The van der Waals surface area contributed by atoms with Crippen LogP contribution < -0.4 is 9.62 Å². The summed E-state index contributed by atoms with van der Waals surface area (Å²) in [5, 5.41) is 3.67. The summed E-state index contributed by atoms with van der Waals surface area (Å²) >= 11 is 25.4. The van der Waals surface area contributed by atoms with Crippen molar-refractivity contribution in [2.75, 3.05) is 10.8 Å². The van der Waals surface area contributed by atoms with Gasteiger partial charge in [-0.3, -0.25) is 13.9 Å². The summed E-state index contributed by atoms with van der Waals surface area (Å²) in [6.45, 7) is 3.07. The molecule has 2 atom stereocenters. The Labute approximate surface area is 290 Å². The third-order valence-electron chi connectivity index (χ3n) is 7.42. The van der Waals surface area contributed by atoms with Crippen LogP contribution in [0.25, 0.3) is 0 Å². The molecule has 0 fully saturated rings. The fraction of sp³-hybridized carbons (Fsp3) is 0.235. The van der Waals surface area contributed by atoms with E-state index in [9.17, 15) is 18.0 Å². The zero-order valence-electron chi connectivity index (χ0n) is 25.2. The monoisotopic (exact) mass is 719 g/mol. The van der Waals surface area contributed by atoms with Crippen molar-refractivity contribution < 1.29 is 18.0 Å². The molecular formula is C34H33Cl4N3O4S. The second-order valence-corrected chi connectivity index (χ2v) is 14.2. The highest BCUT2D eigenvalue weighted by Crippen LogP contribution is 2.36. The first-order valence-electron chi connectivity index (χ1n) is 14.5. The maximum absolute atomic E-state index is 14.6. The first-order chi connectivity index (χ1) is 21.9. The lowest BCUT2D eigenvalue weighted by atomic mass is 10.0. The van der Waals surface area contributed by atoms with Crippen LogP contribution in [-0.2, 0) is 32.6 Å². The van der Waals surface area contributed by atoms with E-state index in [0.29, 0.717) is 17.0 Å². The quantitative estimate of drug-likeness (QED) is 0.152. The molecule has 0 saturated heterocycles. The predicted octanol–water partition coefficient (Wildman–Crippen LogP) is 8.05. The minimum absolute atomic E-state index is 0.0181. The second-order valence-electron chi connectivity index (χ2n) is 10.7. The Hall–Kier alpha value is -3.27. The minimum Gasteiger partial charge on any atom is -0.352 e. The predicted molar refractivity (Wildman–Crippen MR) is 186 cm³/mol. The molecule has 7 nitrogen and oxygen atoms in total. The molecule has 0 bridgehead atoms. The molecular weight excluding hydrogens is 688 g/mol. The molecule has 0 spiro atoms.